The summed E-state index contributed by atoms with van der Waals surface area (Å²) >= 11 is 0. The van der Waals surface area contributed by atoms with Gasteiger partial charge in [-0.25, -0.2) is 4.79 Å². The highest BCUT2D eigenvalue weighted by atomic mass is 16.2. The lowest BCUT2D eigenvalue weighted by Gasteiger charge is -2.06. The third kappa shape index (κ3) is 6.74. The molecule has 148 valence electrons. The highest BCUT2D eigenvalue weighted by molar-refractivity contribution is 5.74. The van der Waals surface area contributed by atoms with Crippen LogP contribution in [0, 0.1) is 0 Å². The van der Waals surface area contributed by atoms with Crippen LogP contribution in [0.4, 0.5) is 4.79 Å². The quantitative estimate of drug-likeness (QED) is 0.601. The van der Waals surface area contributed by atoms with Crippen molar-refractivity contribution < 1.29 is 4.79 Å². The molecule has 0 aliphatic carbocycles. The fraction of sp³-hybridized carbons (Fsp3) is 0.545. The number of hydrogen-bond acceptors (Lipinski definition) is 1. The number of aromatic nitrogens is 2. The second-order valence-corrected chi connectivity index (χ2v) is 7.12. The van der Waals surface area contributed by atoms with Crippen LogP contribution < -0.4 is 10.8 Å². The molecule has 0 spiro atoms. The van der Waals surface area contributed by atoms with Crippen molar-refractivity contribution in [2.24, 2.45) is 19.1 Å². The van der Waals surface area contributed by atoms with E-state index < -0.39 is 0 Å². The molecule has 0 fully saturated rings. The van der Waals surface area contributed by atoms with Gasteiger partial charge in [0.05, 0.1) is 5.69 Å². The third-order valence-corrected chi connectivity index (χ3v) is 4.99. The van der Waals surface area contributed by atoms with Crippen LogP contribution in [0.2, 0.25) is 0 Å². The largest absolute Gasteiger partial charge is 0.342 e. The summed E-state index contributed by atoms with van der Waals surface area (Å²) in [6.45, 7) is 2.94. The Bertz CT molecular complexity index is 758. The molecule has 0 radical (unpaired) electrons. The number of amides is 2. The Kier molecular flexibility index (Phi) is 8.89. The first-order valence-corrected chi connectivity index (χ1v) is 10.2. The van der Waals surface area contributed by atoms with Gasteiger partial charge in [-0.2, -0.15) is 4.99 Å². The average molecular weight is 371 g/mol. The molecule has 1 aromatic carbocycles. The van der Waals surface area contributed by atoms with E-state index in [1.165, 1.54) is 44.9 Å². The van der Waals surface area contributed by atoms with E-state index in [2.05, 4.69) is 29.4 Å². The minimum absolute atomic E-state index is 0.265. The zero-order valence-electron chi connectivity index (χ0n) is 17.1. The van der Waals surface area contributed by atoms with Crippen LogP contribution in [0.3, 0.4) is 0 Å². The Morgan fingerprint density at radius 3 is 2.22 bits per heavy atom. The Morgan fingerprint density at radius 1 is 0.926 bits per heavy atom. The molecule has 0 saturated heterocycles. The van der Waals surface area contributed by atoms with Crippen molar-refractivity contribution in [1.29, 1.82) is 0 Å². The maximum absolute atomic E-state index is 12.1. The summed E-state index contributed by atoms with van der Waals surface area (Å²) < 4.78 is 3.89. The van der Waals surface area contributed by atoms with E-state index in [0.29, 0.717) is 12.0 Å². The van der Waals surface area contributed by atoms with Gasteiger partial charge in [-0.05, 0) is 12.0 Å². The fourth-order valence-corrected chi connectivity index (χ4v) is 3.21. The number of benzene rings is 1. The molecular weight excluding hydrogens is 336 g/mol. The summed E-state index contributed by atoms with van der Waals surface area (Å²) in [4.78, 5) is 16.4. The lowest BCUT2D eigenvalue weighted by molar-refractivity contribution is 0.248. The third-order valence-electron chi connectivity index (χ3n) is 4.99. The van der Waals surface area contributed by atoms with Gasteiger partial charge in [0.2, 0.25) is 0 Å². The Labute approximate surface area is 163 Å². The smallest absolute Gasteiger partial charge is 0.336 e. The molecule has 0 aliphatic rings. The van der Waals surface area contributed by atoms with Crippen LogP contribution in [0.25, 0.3) is 11.3 Å². The first-order chi connectivity index (χ1) is 13.1. The van der Waals surface area contributed by atoms with Crippen LogP contribution in [-0.4, -0.2) is 21.9 Å². The summed E-state index contributed by atoms with van der Waals surface area (Å²) in [6.07, 6.45) is 10.1. The van der Waals surface area contributed by atoms with E-state index >= 15 is 0 Å². The highest BCUT2D eigenvalue weighted by Gasteiger charge is 2.07. The minimum atomic E-state index is -0.265. The minimum Gasteiger partial charge on any atom is -0.336 e. The van der Waals surface area contributed by atoms with Crippen molar-refractivity contribution >= 4 is 6.03 Å². The molecule has 0 atom stereocenters. The van der Waals surface area contributed by atoms with Gasteiger partial charge in [0.1, 0.15) is 0 Å². The number of rotatable bonds is 10. The van der Waals surface area contributed by atoms with Crippen LogP contribution in [0.5, 0.6) is 0 Å². The summed E-state index contributed by atoms with van der Waals surface area (Å²) in [5.41, 5.74) is 2.80. The van der Waals surface area contributed by atoms with Gasteiger partial charge in [-0.15, -0.1) is 0 Å². The average Bonchev–Trinajstić information content (AvgIpc) is 2.96. The van der Waals surface area contributed by atoms with Crippen molar-refractivity contribution in [3.05, 3.63) is 41.9 Å². The molecule has 27 heavy (non-hydrogen) atoms. The number of hydrogen-bond donors (Lipinski definition) is 1. The lowest BCUT2D eigenvalue weighted by atomic mass is 10.1. The first kappa shape index (κ1) is 21.0. The summed E-state index contributed by atoms with van der Waals surface area (Å²) in [5, 5.41) is 2.91. The maximum atomic E-state index is 12.1. The van der Waals surface area contributed by atoms with Crippen LogP contribution >= 0.6 is 0 Å². The Balaban J connectivity index is 1.80. The van der Waals surface area contributed by atoms with Gasteiger partial charge in [0.25, 0.3) is 0 Å². The molecule has 0 unspecified atom stereocenters. The lowest BCUT2D eigenvalue weighted by Crippen LogP contribution is -2.26. The molecular formula is C22H34N4O. The van der Waals surface area contributed by atoms with Crippen molar-refractivity contribution in [3.8, 4) is 11.3 Å². The number of unbranched alkanes of at least 4 members (excludes halogenated alkanes) is 7. The maximum Gasteiger partial charge on any atom is 0.342 e. The van der Waals surface area contributed by atoms with Crippen LogP contribution in [-0.2, 0) is 14.1 Å². The topological polar surface area (TPSA) is 51.3 Å². The zero-order valence-corrected chi connectivity index (χ0v) is 17.1. The molecule has 1 N–H and O–H groups in total. The van der Waals surface area contributed by atoms with Gasteiger partial charge in [0.15, 0.2) is 5.49 Å². The van der Waals surface area contributed by atoms with Crippen molar-refractivity contribution in [1.82, 2.24) is 14.7 Å². The summed E-state index contributed by atoms with van der Waals surface area (Å²) in [6, 6.07) is 11.8. The summed E-state index contributed by atoms with van der Waals surface area (Å²) in [5.74, 6) is 0. The van der Waals surface area contributed by atoms with Gasteiger partial charge in [-0.1, -0.05) is 82.2 Å². The van der Waals surface area contributed by atoms with E-state index in [4.69, 9.17) is 0 Å². The highest BCUT2D eigenvalue weighted by Crippen LogP contribution is 2.16. The predicted octanol–water partition coefficient (Wildman–Crippen LogP) is 4.78. The van der Waals surface area contributed by atoms with E-state index in [-0.39, 0.29) is 6.03 Å². The predicted molar refractivity (Wildman–Crippen MR) is 111 cm³/mol. The molecule has 2 aromatic rings. The molecule has 0 bridgehead atoms. The molecule has 0 aliphatic heterocycles. The molecule has 2 amide bonds. The second kappa shape index (κ2) is 11.4. The van der Waals surface area contributed by atoms with Gasteiger partial charge >= 0.3 is 6.03 Å². The number of nitrogens with one attached hydrogen (secondary N) is 1. The standard InChI is InChI=1S/C22H34N4O/c1-4-5-6-7-8-9-10-14-17-23-22(27)24-21-18-20(25(2)26(21)3)19-15-12-11-13-16-19/h11-13,15-16,18H,4-10,14,17H2,1-3H3,(H,23,27). The van der Waals surface area contributed by atoms with Gasteiger partial charge in [-0.3, -0.25) is 9.36 Å². The second-order valence-electron chi connectivity index (χ2n) is 7.12. The Hall–Kier alpha value is -2.30. The van der Waals surface area contributed by atoms with Crippen molar-refractivity contribution in [2.75, 3.05) is 6.54 Å². The number of carbonyl (C=O) groups is 1. The number of nitrogens with zero attached hydrogens (tertiary/aromatic N) is 3. The van der Waals surface area contributed by atoms with Crippen molar-refractivity contribution in [2.45, 2.75) is 58.3 Å². The zero-order chi connectivity index (χ0) is 19.5. The number of urea groups is 1. The van der Waals surface area contributed by atoms with E-state index in [1.54, 1.807) is 0 Å². The fourth-order valence-electron chi connectivity index (χ4n) is 3.21. The molecule has 1 heterocycles. The molecule has 0 saturated carbocycles. The Morgan fingerprint density at radius 2 is 1.56 bits per heavy atom. The first-order valence-electron chi connectivity index (χ1n) is 10.2. The van der Waals surface area contributed by atoms with Crippen molar-refractivity contribution in [3.63, 3.8) is 0 Å². The molecule has 1 aromatic heterocycles. The molecule has 5 nitrogen and oxygen atoms in total. The van der Waals surface area contributed by atoms with Crippen LogP contribution in [0.15, 0.2) is 41.4 Å². The summed E-state index contributed by atoms with van der Waals surface area (Å²) in [7, 11) is 3.89. The molecule has 2 rings (SSSR count). The van der Waals surface area contributed by atoms with E-state index in [1.807, 2.05) is 47.7 Å². The number of carbonyl (C=O) groups excluding carboxylic acids is 1. The van der Waals surface area contributed by atoms with E-state index in [0.717, 1.165) is 17.7 Å². The van der Waals surface area contributed by atoms with Gasteiger partial charge in [0, 0.05) is 26.7 Å². The normalized spacial score (nSPS) is 11.7. The van der Waals surface area contributed by atoms with Gasteiger partial charge < -0.3 is 5.32 Å². The molecule has 5 heteroatoms. The van der Waals surface area contributed by atoms with E-state index in [9.17, 15) is 4.79 Å². The van der Waals surface area contributed by atoms with Crippen LogP contribution in [0.1, 0.15) is 58.3 Å². The monoisotopic (exact) mass is 370 g/mol. The SMILES string of the molecule is CCCCCCCCCCNC(=O)N=c1cc(-c2ccccc2)n(C)n1C.